The van der Waals surface area contributed by atoms with Crippen molar-refractivity contribution in [3.8, 4) is 0 Å². The molecular formula is C11H14IN. The molecule has 70 valence electrons. The van der Waals surface area contributed by atoms with Gasteiger partial charge in [0.15, 0.2) is 0 Å². The van der Waals surface area contributed by atoms with Crippen LogP contribution in [0.25, 0.3) is 0 Å². The smallest absolute Gasteiger partial charge is 0.0380 e. The summed E-state index contributed by atoms with van der Waals surface area (Å²) in [6, 6.07) is 8.35. The Labute approximate surface area is 93.4 Å². The summed E-state index contributed by atoms with van der Waals surface area (Å²) in [5, 5.41) is 3.22. The molecule has 0 aromatic heterocycles. The Morgan fingerprint density at radius 2 is 2.00 bits per heavy atom. The zero-order valence-electron chi connectivity index (χ0n) is 7.76. The van der Waals surface area contributed by atoms with E-state index in [2.05, 4.69) is 65.2 Å². The van der Waals surface area contributed by atoms with Crippen LogP contribution in [-0.4, -0.2) is 0 Å². The highest BCUT2D eigenvalue weighted by atomic mass is 127. The number of nitrogens with one attached hydrogen (secondary N) is 1. The van der Waals surface area contributed by atoms with Crippen molar-refractivity contribution in [3.05, 3.63) is 40.1 Å². The van der Waals surface area contributed by atoms with Gasteiger partial charge in [-0.1, -0.05) is 19.4 Å². The molecule has 13 heavy (non-hydrogen) atoms. The standard InChI is InChI=1S/C11H14IN/c1-2-3-4-9-13-11-7-5-10(12)6-8-11/h4-9,13H,2-3H2,1H3. The van der Waals surface area contributed by atoms with E-state index in [9.17, 15) is 0 Å². The van der Waals surface area contributed by atoms with Gasteiger partial charge >= 0.3 is 0 Å². The SMILES string of the molecule is CCCC=CNc1ccc(I)cc1. The van der Waals surface area contributed by atoms with Crippen LogP contribution in [0, 0.1) is 3.57 Å². The Kier molecular flexibility index (Phi) is 4.90. The molecule has 0 heterocycles. The van der Waals surface area contributed by atoms with Gasteiger partial charge in [0.25, 0.3) is 0 Å². The average molecular weight is 287 g/mol. The fourth-order valence-corrected chi connectivity index (χ4v) is 1.31. The van der Waals surface area contributed by atoms with Crippen LogP contribution in [0.3, 0.4) is 0 Å². The molecule has 1 N–H and O–H groups in total. The predicted molar refractivity (Wildman–Crippen MR) is 66.8 cm³/mol. The number of halogens is 1. The fraction of sp³-hybridized carbons (Fsp3) is 0.273. The minimum Gasteiger partial charge on any atom is -0.362 e. The van der Waals surface area contributed by atoms with E-state index in [-0.39, 0.29) is 0 Å². The largest absolute Gasteiger partial charge is 0.362 e. The number of benzene rings is 1. The van der Waals surface area contributed by atoms with Gasteiger partial charge in [-0.3, -0.25) is 0 Å². The van der Waals surface area contributed by atoms with Crippen molar-refractivity contribution in [1.82, 2.24) is 0 Å². The molecular weight excluding hydrogens is 273 g/mol. The molecule has 1 rings (SSSR count). The molecule has 1 aromatic rings. The van der Waals surface area contributed by atoms with E-state index in [0.29, 0.717) is 0 Å². The molecule has 1 nitrogen and oxygen atoms in total. The normalized spacial score (nSPS) is 10.6. The molecule has 0 bridgehead atoms. The van der Waals surface area contributed by atoms with Gasteiger partial charge in [-0.25, -0.2) is 0 Å². The van der Waals surface area contributed by atoms with Crippen LogP contribution in [0.5, 0.6) is 0 Å². The zero-order valence-corrected chi connectivity index (χ0v) is 9.91. The molecule has 0 spiro atoms. The molecule has 0 aliphatic rings. The molecule has 0 fully saturated rings. The van der Waals surface area contributed by atoms with E-state index in [1.54, 1.807) is 0 Å². The Balaban J connectivity index is 2.41. The summed E-state index contributed by atoms with van der Waals surface area (Å²) >= 11 is 2.30. The van der Waals surface area contributed by atoms with E-state index >= 15 is 0 Å². The Morgan fingerprint density at radius 1 is 1.31 bits per heavy atom. The first kappa shape index (κ1) is 10.6. The maximum atomic E-state index is 3.22. The lowest BCUT2D eigenvalue weighted by atomic mass is 10.3. The van der Waals surface area contributed by atoms with Crippen LogP contribution in [0.1, 0.15) is 19.8 Å². The molecule has 0 radical (unpaired) electrons. The van der Waals surface area contributed by atoms with Gasteiger partial charge in [-0.05, 0) is 59.5 Å². The molecule has 2 heteroatoms. The second-order valence-electron chi connectivity index (χ2n) is 2.84. The minimum absolute atomic E-state index is 1.14. The topological polar surface area (TPSA) is 12.0 Å². The van der Waals surface area contributed by atoms with Crippen molar-refractivity contribution in [2.75, 3.05) is 5.32 Å². The third-order valence-corrected chi connectivity index (χ3v) is 2.39. The summed E-state index contributed by atoms with van der Waals surface area (Å²) in [6.07, 6.45) is 6.49. The monoisotopic (exact) mass is 287 g/mol. The third kappa shape index (κ3) is 4.31. The second-order valence-corrected chi connectivity index (χ2v) is 4.09. The van der Waals surface area contributed by atoms with Gasteiger partial charge in [0, 0.05) is 9.26 Å². The summed E-state index contributed by atoms with van der Waals surface area (Å²) in [5.41, 5.74) is 1.15. The number of unbranched alkanes of at least 4 members (excludes halogenated alkanes) is 1. The van der Waals surface area contributed by atoms with Crippen molar-refractivity contribution >= 4 is 28.3 Å². The van der Waals surface area contributed by atoms with Gasteiger partial charge in [-0.2, -0.15) is 0 Å². The number of hydrogen-bond donors (Lipinski definition) is 1. The van der Waals surface area contributed by atoms with Gasteiger partial charge in [0.1, 0.15) is 0 Å². The zero-order chi connectivity index (χ0) is 9.52. The average Bonchev–Trinajstić information content (AvgIpc) is 2.15. The summed E-state index contributed by atoms with van der Waals surface area (Å²) in [4.78, 5) is 0. The van der Waals surface area contributed by atoms with Crippen molar-refractivity contribution in [2.45, 2.75) is 19.8 Å². The van der Waals surface area contributed by atoms with Crippen LogP contribution in [0.4, 0.5) is 5.69 Å². The summed E-state index contributed by atoms with van der Waals surface area (Å²) in [5.74, 6) is 0. The van der Waals surface area contributed by atoms with E-state index in [4.69, 9.17) is 0 Å². The Bertz CT molecular complexity index is 264. The Hall–Kier alpha value is -0.510. The summed E-state index contributed by atoms with van der Waals surface area (Å²) in [7, 11) is 0. The number of allylic oxidation sites excluding steroid dienone is 1. The molecule has 0 saturated heterocycles. The predicted octanol–water partition coefficient (Wildman–Crippen LogP) is 4.02. The molecule has 0 saturated carbocycles. The van der Waals surface area contributed by atoms with Gasteiger partial charge < -0.3 is 5.32 Å². The van der Waals surface area contributed by atoms with Gasteiger partial charge in [0.05, 0.1) is 0 Å². The first-order valence-corrected chi connectivity index (χ1v) is 5.58. The van der Waals surface area contributed by atoms with Crippen LogP contribution >= 0.6 is 22.6 Å². The van der Waals surface area contributed by atoms with E-state index in [1.807, 2.05) is 6.20 Å². The lowest BCUT2D eigenvalue weighted by molar-refractivity contribution is 0.957. The number of hydrogen-bond acceptors (Lipinski definition) is 1. The highest BCUT2D eigenvalue weighted by molar-refractivity contribution is 14.1. The number of anilines is 1. The maximum Gasteiger partial charge on any atom is 0.0380 e. The molecule has 0 atom stereocenters. The summed E-state index contributed by atoms with van der Waals surface area (Å²) < 4.78 is 1.26. The maximum absolute atomic E-state index is 3.22. The van der Waals surface area contributed by atoms with Crippen molar-refractivity contribution in [1.29, 1.82) is 0 Å². The van der Waals surface area contributed by atoms with Crippen molar-refractivity contribution < 1.29 is 0 Å². The lowest BCUT2D eigenvalue weighted by Gasteiger charge is -1.99. The van der Waals surface area contributed by atoms with E-state index in [0.717, 1.165) is 12.1 Å². The first-order valence-electron chi connectivity index (χ1n) is 4.50. The van der Waals surface area contributed by atoms with Crippen LogP contribution in [-0.2, 0) is 0 Å². The van der Waals surface area contributed by atoms with Crippen molar-refractivity contribution in [3.63, 3.8) is 0 Å². The van der Waals surface area contributed by atoms with Gasteiger partial charge in [-0.15, -0.1) is 0 Å². The number of rotatable bonds is 4. The van der Waals surface area contributed by atoms with E-state index in [1.165, 1.54) is 9.99 Å². The highest BCUT2D eigenvalue weighted by Gasteiger charge is 1.87. The molecule has 0 aliphatic heterocycles. The third-order valence-electron chi connectivity index (χ3n) is 1.67. The molecule has 0 amide bonds. The van der Waals surface area contributed by atoms with Crippen LogP contribution in [0.15, 0.2) is 36.5 Å². The first-order chi connectivity index (χ1) is 6.33. The van der Waals surface area contributed by atoms with Crippen LogP contribution < -0.4 is 5.32 Å². The quantitative estimate of drug-likeness (QED) is 0.825. The highest BCUT2D eigenvalue weighted by Crippen LogP contribution is 2.10. The van der Waals surface area contributed by atoms with Crippen LogP contribution in [0.2, 0.25) is 0 Å². The summed E-state index contributed by atoms with van der Waals surface area (Å²) in [6.45, 7) is 2.18. The lowest BCUT2D eigenvalue weighted by Crippen LogP contribution is -1.86. The minimum atomic E-state index is 1.14. The molecule has 0 unspecified atom stereocenters. The fourth-order valence-electron chi connectivity index (χ4n) is 0.951. The molecule has 0 aliphatic carbocycles. The van der Waals surface area contributed by atoms with E-state index < -0.39 is 0 Å². The Morgan fingerprint density at radius 3 is 2.62 bits per heavy atom. The molecule has 1 aromatic carbocycles. The van der Waals surface area contributed by atoms with Gasteiger partial charge in [0.2, 0.25) is 0 Å². The second kappa shape index (κ2) is 6.02. The van der Waals surface area contributed by atoms with Crippen molar-refractivity contribution in [2.24, 2.45) is 0 Å².